The minimum Gasteiger partial charge on any atom is -0.315 e. The Kier molecular flexibility index (Phi) is 3.83. The maximum absolute atomic E-state index is 13.3. The third kappa shape index (κ3) is 2.65. The summed E-state index contributed by atoms with van der Waals surface area (Å²) in [6.07, 6.45) is 6.25. The average Bonchev–Trinajstić information content (AvgIpc) is 3.34. The number of rotatable bonds is 3. The Morgan fingerprint density at radius 2 is 1.74 bits per heavy atom. The van der Waals surface area contributed by atoms with E-state index in [0.717, 1.165) is 47.5 Å². The van der Waals surface area contributed by atoms with Crippen LogP contribution in [0.1, 0.15) is 12.5 Å². The number of fused-ring (bicyclic) bond motifs is 1. The van der Waals surface area contributed by atoms with E-state index in [0.29, 0.717) is 0 Å². The largest absolute Gasteiger partial charge is 0.335 e. The van der Waals surface area contributed by atoms with Gasteiger partial charge in [-0.1, -0.05) is 12.1 Å². The second-order valence-electron chi connectivity index (χ2n) is 6.76. The van der Waals surface area contributed by atoms with E-state index in [1.54, 1.807) is 23.2 Å². The second-order valence-corrected chi connectivity index (χ2v) is 6.76. The van der Waals surface area contributed by atoms with Crippen LogP contribution in [0.5, 0.6) is 0 Å². The Morgan fingerprint density at radius 1 is 0.963 bits per heavy atom. The highest BCUT2D eigenvalue weighted by Crippen LogP contribution is 2.24. The molecule has 5 rings (SSSR count). The van der Waals surface area contributed by atoms with Crippen molar-refractivity contribution < 1.29 is 0 Å². The zero-order valence-electron chi connectivity index (χ0n) is 14.7. The maximum Gasteiger partial charge on any atom is 0.335 e. The molecule has 1 saturated heterocycles. The molecule has 0 bridgehead atoms. The highest BCUT2D eigenvalue weighted by molar-refractivity contribution is 5.74. The predicted molar refractivity (Wildman–Crippen MR) is 105 cm³/mol. The topological polar surface area (TPSA) is 64.7 Å². The van der Waals surface area contributed by atoms with Gasteiger partial charge in [0.2, 0.25) is 0 Å². The molecule has 1 aliphatic heterocycles. The van der Waals surface area contributed by atoms with E-state index in [4.69, 9.17) is 0 Å². The summed E-state index contributed by atoms with van der Waals surface area (Å²) in [5.74, 6) is 0. The molecule has 0 aliphatic carbocycles. The first-order valence-corrected chi connectivity index (χ1v) is 9.12. The van der Waals surface area contributed by atoms with Crippen molar-refractivity contribution in [2.45, 2.75) is 12.5 Å². The molecule has 4 heterocycles. The molecule has 1 atom stereocenters. The van der Waals surface area contributed by atoms with Crippen molar-refractivity contribution in [3.05, 3.63) is 77.6 Å². The van der Waals surface area contributed by atoms with Crippen LogP contribution in [0.25, 0.3) is 28.0 Å². The molecule has 1 unspecified atom stereocenters. The predicted octanol–water partition coefficient (Wildman–Crippen LogP) is 2.78. The van der Waals surface area contributed by atoms with Crippen LogP contribution in [0.3, 0.4) is 0 Å². The Balaban J connectivity index is 1.65. The number of hydrogen-bond donors (Lipinski definition) is 1. The molecule has 4 aromatic rings. The first-order chi connectivity index (χ1) is 13.3. The zero-order valence-corrected chi connectivity index (χ0v) is 14.7. The molecule has 3 aromatic heterocycles. The second kappa shape index (κ2) is 6.48. The highest BCUT2D eigenvalue weighted by atomic mass is 16.1. The smallest absolute Gasteiger partial charge is 0.315 e. The van der Waals surface area contributed by atoms with Gasteiger partial charge < -0.3 is 5.32 Å². The summed E-state index contributed by atoms with van der Waals surface area (Å²) in [7, 11) is 0. The number of nitrogens with one attached hydrogen (secondary N) is 1. The molecule has 1 aromatic carbocycles. The van der Waals surface area contributed by atoms with E-state index >= 15 is 0 Å². The summed E-state index contributed by atoms with van der Waals surface area (Å²) in [5, 5.41) is 3.34. The van der Waals surface area contributed by atoms with Crippen LogP contribution in [-0.2, 0) is 0 Å². The number of benzene rings is 1. The van der Waals surface area contributed by atoms with Crippen molar-refractivity contribution in [3.8, 4) is 16.8 Å². The van der Waals surface area contributed by atoms with Gasteiger partial charge in [0.25, 0.3) is 0 Å². The van der Waals surface area contributed by atoms with Crippen molar-refractivity contribution in [1.82, 2.24) is 24.4 Å². The fourth-order valence-electron chi connectivity index (χ4n) is 3.84. The molecule has 134 valence electrons. The van der Waals surface area contributed by atoms with E-state index in [1.807, 2.05) is 53.1 Å². The highest BCUT2D eigenvalue weighted by Gasteiger charge is 2.24. The van der Waals surface area contributed by atoms with E-state index in [-0.39, 0.29) is 11.7 Å². The Morgan fingerprint density at radius 3 is 2.48 bits per heavy atom. The number of pyridine rings is 2. The van der Waals surface area contributed by atoms with Crippen LogP contribution >= 0.6 is 0 Å². The fraction of sp³-hybridized carbons (Fsp3) is 0.190. The molecule has 1 N–H and O–H groups in total. The van der Waals surface area contributed by atoms with Crippen LogP contribution in [0.4, 0.5) is 0 Å². The third-order valence-electron chi connectivity index (χ3n) is 5.17. The van der Waals surface area contributed by atoms with Crippen molar-refractivity contribution in [2.24, 2.45) is 0 Å². The lowest BCUT2D eigenvalue weighted by molar-refractivity contribution is 0.537. The molecule has 1 fully saturated rings. The molecule has 0 spiro atoms. The van der Waals surface area contributed by atoms with Gasteiger partial charge in [0, 0.05) is 25.1 Å². The molecule has 1 aliphatic rings. The third-order valence-corrected chi connectivity index (χ3v) is 5.17. The van der Waals surface area contributed by atoms with Crippen LogP contribution in [-0.4, -0.2) is 32.2 Å². The minimum absolute atomic E-state index is 0.0333. The summed E-state index contributed by atoms with van der Waals surface area (Å²) >= 11 is 0. The van der Waals surface area contributed by atoms with Crippen LogP contribution in [0, 0.1) is 0 Å². The van der Waals surface area contributed by atoms with Gasteiger partial charge in [-0.05, 0) is 60.5 Å². The van der Waals surface area contributed by atoms with Crippen molar-refractivity contribution in [2.75, 3.05) is 13.1 Å². The quantitative estimate of drug-likeness (QED) is 0.612. The molecule has 0 amide bonds. The van der Waals surface area contributed by atoms with E-state index in [2.05, 4.69) is 15.3 Å². The maximum atomic E-state index is 13.3. The Bertz CT molecular complexity index is 1140. The lowest BCUT2D eigenvalue weighted by Crippen LogP contribution is -2.28. The lowest BCUT2D eigenvalue weighted by Gasteiger charge is -2.09. The van der Waals surface area contributed by atoms with Gasteiger partial charge >= 0.3 is 5.69 Å². The molecular weight excluding hydrogens is 338 g/mol. The average molecular weight is 357 g/mol. The monoisotopic (exact) mass is 357 g/mol. The SMILES string of the molecule is O=c1n(-c2ccc(-c3ccncc3)cc2)c2cccnc2n1C1CCNC1. The molecule has 27 heavy (non-hydrogen) atoms. The molecular formula is C21H19N5O. The van der Waals surface area contributed by atoms with E-state index in [1.165, 1.54) is 0 Å². The standard InChI is InChI=1S/C21H19N5O/c27-21-25(17-5-3-15(4-6-17)16-7-11-22-12-8-16)19-2-1-10-24-20(19)26(21)18-9-13-23-14-18/h1-8,10-12,18,23H,9,13-14H2. The van der Waals surface area contributed by atoms with Gasteiger partial charge in [-0.15, -0.1) is 0 Å². The normalized spacial score (nSPS) is 16.8. The van der Waals surface area contributed by atoms with Crippen LogP contribution in [0.2, 0.25) is 0 Å². The van der Waals surface area contributed by atoms with E-state index in [9.17, 15) is 4.79 Å². The van der Waals surface area contributed by atoms with E-state index < -0.39 is 0 Å². The van der Waals surface area contributed by atoms with Gasteiger partial charge in [-0.2, -0.15) is 0 Å². The lowest BCUT2D eigenvalue weighted by atomic mass is 10.1. The minimum atomic E-state index is -0.0333. The zero-order chi connectivity index (χ0) is 18.2. The van der Waals surface area contributed by atoms with Gasteiger partial charge in [-0.25, -0.2) is 9.78 Å². The van der Waals surface area contributed by atoms with Crippen LogP contribution < -0.4 is 11.0 Å². The number of aromatic nitrogens is 4. The summed E-state index contributed by atoms with van der Waals surface area (Å²) in [5.41, 5.74) is 4.59. The molecule has 0 radical (unpaired) electrons. The van der Waals surface area contributed by atoms with Gasteiger partial charge in [0.1, 0.15) is 0 Å². The van der Waals surface area contributed by atoms with Gasteiger partial charge in [0.15, 0.2) is 5.65 Å². The first-order valence-electron chi connectivity index (χ1n) is 9.12. The Hall–Kier alpha value is -3.25. The summed E-state index contributed by atoms with van der Waals surface area (Å²) < 4.78 is 3.60. The van der Waals surface area contributed by atoms with Crippen molar-refractivity contribution >= 4 is 11.2 Å². The number of hydrogen-bond acceptors (Lipinski definition) is 4. The fourth-order valence-corrected chi connectivity index (χ4v) is 3.84. The van der Waals surface area contributed by atoms with Crippen molar-refractivity contribution in [1.29, 1.82) is 0 Å². The van der Waals surface area contributed by atoms with Gasteiger partial charge in [0.05, 0.1) is 17.2 Å². The molecule has 6 nitrogen and oxygen atoms in total. The summed E-state index contributed by atoms with van der Waals surface area (Å²) in [6, 6.07) is 16.0. The Labute approximate surface area is 156 Å². The van der Waals surface area contributed by atoms with Crippen LogP contribution in [0.15, 0.2) is 71.9 Å². The van der Waals surface area contributed by atoms with Crippen molar-refractivity contribution in [3.63, 3.8) is 0 Å². The first kappa shape index (κ1) is 16.0. The summed E-state index contributed by atoms with van der Waals surface area (Å²) in [6.45, 7) is 1.73. The number of imidazole rings is 1. The summed E-state index contributed by atoms with van der Waals surface area (Å²) in [4.78, 5) is 21.8. The number of nitrogens with zero attached hydrogens (tertiary/aromatic N) is 4. The van der Waals surface area contributed by atoms with Gasteiger partial charge in [-0.3, -0.25) is 14.1 Å². The molecule has 6 heteroatoms. The molecule has 0 saturated carbocycles.